The van der Waals surface area contributed by atoms with E-state index in [0.29, 0.717) is 18.0 Å². The van der Waals surface area contributed by atoms with Crippen LogP contribution >= 0.6 is 0 Å². The van der Waals surface area contributed by atoms with Gasteiger partial charge < -0.3 is 10.6 Å². The number of para-hydroxylation sites is 1. The van der Waals surface area contributed by atoms with E-state index in [2.05, 4.69) is 0 Å². The zero-order valence-electron chi connectivity index (χ0n) is 15.5. The average Bonchev–Trinajstić information content (AvgIpc) is 3.36. The highest BCUT2D eigenvalue weighted by atomic mass is 16.2. The fourth-order valence-electron chi connectivity index (χ4n) is 3.66. The van der Waals surface area contributed by atoms with E-state index in [0.717, 1.165) is 42.0 Å². The number of aromatic nitrogens is 2. The predicted molar refractivity (Wildman–Crippen MR) is 107 cm³/mol. The van der Waals surface area contributed by atoms with Crippen LogP contribution in [-0.4, -0.2) is 40.2 Å². The second kappa shape index (κ2) is 7.37. The van der Waals surface area contributed by atoms with Gasteiger partial charge >= 0.3 is 0 Å². The van der Waals surface area contributed by atoms with E-state index in [1.165, 1.54) is 0 Å². The van der Waals surface area contributed by atoms with Gasteiger partial charge in [-0.3, -0.25) is 4.79 Å². The number of amides is 1. The summed E-state index contributed by atoms with van der Waals surface area (Å²) in [6.45, 7) is 4.15. The molecule has 1 amide bonds. The predicted octanol–water partition coefficient (Wildman–Crippen LogP) is 3.27. The van der Waals surface area contributed by atoms with Gasteiger partial charge in [0.1, 0.15) is 5.69 Å². The van der Waals surface area contributed by atoms with Crippen LogP contribution in [0.4, 0.5) is 0 Å². The van der Waals surface area contributed by atoms with Gasteiger partial charge in [0.2, 0.25) is 0 Å². The molecule has 1 aliphatic rings. The number of benzene rings is 2. The van der Waals surface area contributed by atoms with Crippen LogP contribution < -0.4 is 5.73 Å². The minimum absolute atomic E-state index is 0.0337. The SMILES string of the molecule is Cc1ccccc1-c1nn(-c2ccccc2)cc1C(=O)N1CCC(CN)C1. The van der Waals surface area contributed by atoms with Crippen molar-refractivity contribution in [3.05, 3.63) is 71.9 Å². The summed E-state index contributed by atoms with van der Waals surface area (Å²) in [6, 6.07) is 17.9. The summed E-state index contributed by atoms with van der Waals surface area (Å²) >= 11 is 0. The first-order chi connectivity index (χ1) is 13.2. The topological polar surface area (TPSA) is 64.2 Å². The third-order valence-corrected chi connectivity index (χ3v) is 5.27. The maximum atomic E-state index is 13.3. The molecular formula is C22H24N4O. The quantitative estimate of drug-likeness (QED) is 0.777. The van der Waals surface area contributed by atoms with Gasteiger partial charge in [0, 0.05) is 24.8 Å². The molecule has 1 fully saturated rings. The average molecular weight is 360 g/mol. The first kappa shape index (κ1) is 17.5. The Bertz CT molecular complexity index is 948. The fourth-order valence-corrected chi connectivity index (χ4v) is 3.66. The molecule has 5 heteroatoms. The maximum Gasteiger partial charge on any atom is 0.257 e. The van der Waals surface area contributed by atoms with Crippen LogP contribution in [0.1, 0.15) is 22.3 Å². The molecule has 2 aromatic carbocycles. The van der Waals surface area contributed by atoms with Crippen LogP contribution in [0, 0.1) is 12.8 Å². The molecule has 0 bridgehead atoms. The van der Waals surface area contributed by atoms with Crippen LogP contribution in [0.25, 0.3) is 16.9 Å². The number of nitrogens with zero attached hydrogens (tertiary/aromatic N) is 3. The van der Waals surface area contributed by atoms with Crippen LogP contribution in [-0.2, 0) is 0 Å². The molecule has 4 rings (SSSR count). The standard InChI is InChI=1S/C22H24N4O/c1-16-7-5-6-10-19(16)21-20(22(27)25-12-11-17(13-23)14-25)15-26(24-21)18-8-3-2-4-9-18/h2-10,15,17H,11-14,23H2,1H3. The van der Waals surface area contributed by atoms with Gasteiger partial charge in [-0.2, -0.15) is 5.10 Å². The van der Waals surface area contributed by atoms with Crippen LogP contribution in [0.5, 0.6) is 0 Å². The van der Waals surface area contributed by atoms with Crippen LogP contribution in [0.2, 0.25) is 0 Å². The van der Waals surface area contributed by atoms with E-state index in [1.54, 1.807) is 4.68 Å². The van der Waals surface area contributed by atoms with Crippen molar-refractivity contribution in [2.24, 2.45) is 11.7 Å². The third kappa shape index (κ3) is 3.38. The number of likely N-dealkylation sites (tertiary alicyclic amines) is 1. The summed E-state index contributed by atoms with van der Waals surface area (Å²) in [6.07, 6.45) is 2.82. The van der Waals surface area contributed by atoms with E-state index >= 15 is 0 Å². The molecule has 0 radical (unpaired) electrons. The van der Waals surface area contributed by atoms with Gasteiger partial charge in [-0.05, 0) is 43.5 Å². The van der Waals surface area contributed by atoms with E-state index < -0.39 is 0 Å². The molecule has 1 aliphatic heterocycles. The van der Waals surface area contributed by atoms with E-state index in [4.69, 9.17) is 10.8 Å². The monoisotopic (exact) mass is 360 g/mol. The Balaban J connectivity index is 1.78. The minimum atomic E-state index is 0.0337. The van der Waals surface area contributed by atoms with Crippen molar-refractivity contribution in [1.82, 2.24) is 14.7 Å². The normalized spacial score (nSPS) is 16.7. The van der Waals surface area contributed by atoms with E-state index in [1.807, 2.05) is 72.6 Å². The first-order valence-electron chi connectivity index (χ1n) is 9.38. The molecule has 1 unspecified atom stereocenters. The van der Waals surface area contributed by atoms with Crippen LogP contribution in [0.3, 0.4) is 0 Å². The van der Waals surface area contributed by atoms with Gasteiger partial charge in [-0.25, -0.2) is 4.68 Å². The van der Waals surface area contributed by atoms with Crippen molar-refractivity contribution in [3.8, 4) is 16.9 Å². The minimum Gasteiger partial charge on any atom is -0.338 e. The second-order valence-electron chi connectivity index (χ2n) is 7.13. The van der Waals surface area contributed by atoms with Crippen molar-refractivity contribution in [3.63, 3.8) is 0 Å². The summed E-state index contributed by atoms with van der Waals surface area (Å²) in [5, 5.41) is 4.79. The molecule has 138 valence electrons. The third-order valence-electron chi connectivity index (χ3n) is 5.27. The Morgan fingerprint density at radius 3 is 2.59 bits per heavy atom. The summed E-state index contributed by atoms with van der Waals surface area (Å²) in [7, 11) is 0. The Hall–Kier alpha value is -2.92. The fraction of sp³-hybridized carbons (Fsp3) is 0.273. The molecular weight excluding hydrogens is 336 g/mol. The van der Waals surface area contributed by atoms with Crippen molar-refractivity contribution in [2.45, 2.75) is 13.3 Å². The van der Waals surface area contributed by atoms with E-state index in [-0.39, 0.29) is 5.91 Å². The second-order valence-corrected chi connectivity index (χ2v) is 7.13. The molecule has 0 saturated carbocycles. The van der Waals surface area contributed by atoms with Gasteiger partial charge in [-0.1, -0.05) is 42.5 Å². The van der Waals surface area contributed by atoms with Gasteiger partial charge in [0.15, 0.2) is 0 Å². The lowest BCUT2D eigenvalue weighted by Crippen LogP contribution is -2.30. The highest BCUT2D eigenvalue weighted by molar-refractivity contribution is 6.00. The summed E-state index contributed by atoms with van der Waals surface area (Å²) < 4.78 is 1.80. The molecule has 2 heterocycles. The molecule has 27 heavy (non-hydrogen) atoms. The summed E-state index contributed by atoms with van der Waals surface area (Å²) in [4.78, 5) is 15.2. The number of nitrogens with two attached hydrogens (primary N) is 1. The molecule has 1 saturated heterocycles. The Labute approximate surface area is 159 Å². The number of carbonyl (C=O) groups is 1. The Kier molecular flexibility index (Phi) is 4.77. The van der Waals surface area contributed by atoms with E-state index in [9.17, 15) is 4.79 Å². The van der Waals surface area contributed by atoms with Gasteiger partial charge in [0.25, 0.3) is 5.91 Å². The number of hydrogen-bond acceptors (Lipinski definition) is 3. The molecule has 3 aromatic rings. The number of hydrogen-bond donors (Lipinski definition) is 1. The molecule has 1 atom stereocenters. The first-order valence-corrected chi connectivity index (χ1v) is 9.38. The highest BCUT2D eigenvalue weighted by Gasteiger charge is 2.29. The largest absolute Gasteiger partial charge is 0.338 e. The van der Waals surface area contributed by atoms with Gasteiger partial charge in [-0.15, -0.1) is 0 Å². The zero-order chi connectivity index (χ0) is 18.8. The zero-order valence-corrected chi connectivity index (χ0v) is 15.5. The lowest BCUT2D eigenvalue weighted by Gasteiger charge is -2.16. The van der Waals surface area contributed by atoms with Crippen molar-refractivity contribution < 1.29 is 4.79 Å². The molecule has 5 nitrogen and oxygen atoms in total. The van der Waals surface area contributed by atoms with Crippen LogP contribution in [0.15, 0.2) is 60.8 Å². The lowest BCUT2D eigenvalue weighted by atomic mass is 10.0. The van der Waals surface area contributed by atoms with Crippen molar-refractivity contribution in [2.75, 3.05) is 19.6 Å². The van der Waals surface area contributed by atoms with Gasteiger partial charge in [0.05, 0.1) is 11.3 Å². The molecule has 2 N–H and O–H groups in total. The number of carbonyl (C=O) groups excluding carboxylic acids is 1. The van der Waals surface area contributed by atoms with Crippen molar-refractivity contribution >= 4 is 5.91 Å². The lowest BCUT2D eigenvalue weighted by molar-refractivity contribution is 0.0788. The molecule has 1 aromatic heterocycles. The molecule has 0 spiro atoms. The Morgan fingerprint density at radius 2 is 1.89 bits per heavy atom. The van der Waals surface area contributed by atoms with Crippen molar-refractivity contribution in [1.29, 1.82) is 0 Å². The number of aryl methyl sites for hydroxylation is 1. The Morgan fingerprint density at radius 1 is 1.15 bits per heavy atom. The smallest absolute Gasteiger partial charge is 0.257 e. The molecule has 0 aliphatic carbocycles. The number of rotatable bonds is 4. The maximum absolute atomic E-state index is 13.3. The highest BCUT2D eigenvalue weighted by Crippen LogP contribution is 2.29. The summed E-state index contributed by atoms with van der Waals surface area (Å²) in [5.74, 6) is 0.423. The summed E-state index contributed by atoms with van der Waals surface area (Å²) in [5.41, 5.74) is 10.2.